The van der Waals surface area contributed by atoms with Gasteiger partial charge in [-0.1, -0.05) is 23.5 Å². The van der Waals surface area contributed by atoms with E-state index < -0.39 is 18.0 Å². The van der Waals surface area contributed by atoms with Gasteiger partial charge in [-0.05, 0) is 45.4 Å². The Balaban J connectivity index is 1.98. The second-order valence-corrected chi connectivity index (χ2v) is 9.03. The number of rotatable bonds is 8. The molecule has 0 aliphatic carbocycles. The van der Waals surface area contributed by atoms with Crippen molar-refractivity contribution in [3.05, 3.63) is 46.0 Å². The van der Waals surface area contributed by atoms with E-state index in [1.54, 1.807) is 31.4 Å². The van der Waals surface area contributed by atoms with Crippen molar-refractivity contribution in [3.8, 4) is 0 Å². The maximum atomic E-state index is 12.1. The molecule has 0 aliphatic heterocycles. The Hall–Kier alpha value is -2.98. The maximum Gasteiger partial charge on any atom is 0.321 e. The molecular formula is C21H29N5O4S. The fourth-order valence-corrected chi connectivity index (χ4v) is 3.90. The van der Waals surface area contributed by atoms with Gasteiger partial charge in [-0.2, -0.15) is 0 Å². The molecule has 2 aromatic rings. The lowest BCUT2D eigenvalue weighted by atomic mass is 10.0. The number of methoxy groups -OCH3 is 1. The number of hydrogen-bond donors (Lipinski definition) is 4. The summed E-state index contributed by atoms with van der Waals surface area (Å²) in [5, 5.41) is 8.59. The molecular weight excluding hydrogens is 418 g/mol. The number of anilines is 1. The zero-order chi connectivity index (χ0) is 23.2. The van der Waals surface area contributed by atoms with Crippen molar-refractivity contribution >= 4 is 34.3 Å². The molecule has 9 nitrogen and oxygen atoms in total. The van der Waals surface area contributed by atoms with E-state index in [0.717, 1.165) is 16.1 Å². The van der Waals surface area contributed by atoms with Gasteiger partial charge in [-0.15, -0.1) is 0 Å². The molecule has 1 aromatic carbocycles. The van der Waals surface area contributed by atoms with Gasteiger partial charge in [0.2, 0.25) is 11.8 Å². The van der Waals surface area contributed by atoms with E-state index >= 15 is 0 Å². The smallest absolute Gasteiger partial charge is 0.321 e. The first-order valence-corrected chi connectivity index (χ1v) is 10.6. The van der Waals surface area contributed by atoms with Crippen LogP contribution in [0.5, 0.6) is 0 Å². The van der Waals surface area contributed by atoms with E-state index in [1.165, 1.54) is 11.3 Å². The average molecular weight is 448 g/mol. The minimum absolute atomic E-state index is 0.134. The maximum absolute atomic E-state index is 12.1. The molecule has 4 amide bonds. The minimum Gasteiger partial charge on any atom is -0.371 e. The predicted octanol–water partition coefficient (Wildman–Crippen LogP) is 2.71. The van der Waals surface area contributed by atoms with Crippen LogP contribution in [0.25, 0.3) is 0 Å². The molecule has 31 heavy (non-hydrogen) atoms. The number of ether oxygens (including phenoxy) is 1. The number of aryl methyl sites for hydroxylation is 1. The highest BCUT2D eigenvalue weighted by Gasteiger charge is 2.21. The van der Waals surface area contributed by atoms with Crippen LogP contribution in [0.2, 0.25) is 0 Å². The molecule has 0 saturated carbocycles. The first kappa shape index (κ1) is 24.3. The van der Waals surface area contributed by atoms with Crippen molar-refractivity contribution in [2.75, 3.05) is 19.0 Å². The first-order valence-electron chi connectivity index (χ1n) is 9.76. The van der Waals surface area contributed by atoms with Gasteiger partial charge in [0.1, 0.15) is 6.10 Å². The number of amides is 4. The molecule has 5 N–H and O–H groups in total. The van der Waals surface area contributed by atoms with Crippen molar-refractivity contribution in [2.45, 2.75) is 45.8 Å². The summed E-state index contributed by atoms with van der Waals surface area (Å²) in [5.41, 5.74) is 6.94. The van der Waals surface area contributed by atoms with Crippen LogP contribution in [0, 0.1) is 6.92 Å². The van der Waals surface area contributed by atoms with Crippen LogP contribution in [-0.2, 0) is 9.53 Å². The van der Waals surface area contributed by atoms with Crippen molar-refractivity contribution < 1.29 is 19.1 Å². The highest BCUT2D eigenvalue weighted by atomic mass is 32.1. The normalized spacial score (nSPS) is 12.2. The molecule has 1 unspecified atom stereocenters. The molecule has 0 radical (unpaired) electrons. The van der Waals surface area contributed by atoms with E-state index in [2.05, 4.69) is 20.9 Å². The van der Waals surface area contributed by atoms with Crippen LogP contribution >= 0.6 is 11.3 Å². The topological polar surface area (TPSA) is 135 Å². The molecule has 1 heterocycles. The molecule has 0 fully saturated rings. The lowest BCUT2D eigenvalue weighted by molar-refractivity contribution is -0.122. The number of urea groups is 1. The lowest BCUT2D eigenvalue weighted by Crippen LogP contribution is -2.42. The Bertz CT molecular complexity index is 934. The van der Waals surface area contributed by atoms with E-state index in [1.807, 2.05) is 27.7 Å². The van der Waals surface area contributed by atoms with Crippen molar-refractivity contribution in [1.82, 2.24) is 15.6 Å². The number of primary amides is 1. The first-order chi connectivity index (χ1) is 14.5. The molecule has 1 aromatic heterocycles. The number of thiazole rings is 1. The third-order valence-corrected chi connectivity index (χ3v) is 5.29. The van der Waals surface area contributed by atoms with Crippen molar-refractivity contribution in [1.29, 1.82) is 0 Å². The van der Waals surface area contributed by atoms with Gasteiger partial charge in [-0.3, -0.25) is 14.9 Å². The van der Waals surface area contributed by atoms with Crippen molar-refractivity contribution in [2.24, 2.45) is 5.73 Å². The van der Waals surface area contributed by atoms with E-state index in [9.17, 15) is 14.4 Å². The SMILES string of the molecule is COC(c1ccc(C(N)=O)cc1)c1sc(NC(=O)NCCC(=O)NC(C)(C)C)nc1C. The largest absolute Gasteiger partial charge is 0.371 e. The molecule has 0 spiro atoms. The highest BCUT2D eigenvalue weighted by molar-refractivity contribution is 7.16. The summed E-state index contributed by atoms with van der Waals surface area (Å²) < 4.78 is 5.63. The number of benzene rings is 1. The Morgan fingerprint density at radius 3 is 2.39 bits per heavy atom. The Labute approximate surface area is 185 Å². The predicted molar refractivity (Wildman–Crippen MR) is 120 cm³/mol. The van der Waals surface area contributed by atoms with Gasteiger partial charge in [0.05, 0.1) is 10.6 Å². The second kappa shape index (κ2) is 10.4. The fraction of sp³-hybridized carbons (Fsp3) is 0.429. The summed E-state index contributed by atoms with van der Waals surface area (Å²) in [7, 11) is 1.58. The lowest BCUT2D eigenvalue weighted by Gasteiger charge is -2.20. The monoisotopic (exact) mass is 447 g/mol. The van der Waals surface area contributed by atoms with Gasteiger partial charge >= 0.3 is 6.03 Å². The number of carbonyl (C=O) groups is 3. The van der Waals surface area contributed by atoms with Crippen molar-refractivity contribution in [3.63, 3.8) is 0 Å². The summed E-state index contributed by atoms with van der Waals surface area (Å²) in [4.78, 5) is 40.5. The van der Waals surface area contributed by atoms with Crippen LogP contribution in [0.4, 0.5) is 9.93 Å². The molecule has 168 valence electrons. The van der Waals surface area contributed by atoms with Gasteiger partial charge in [0, 0.05) is 31.2 Å². The molecule has 0 saturated heterocycles. The van der Waals surface area contributed by atoms with Gasteiger partial charge < -0.3 is 21.1 Å². The zero-order valence-electron chi connectivity index (χ0n) is 18.4. The molecule has 1 atom stereocenters. The number of nitrogens with two attached hydrogens (primary N) is 1. The Morgan fingerprint density at radius 1 is 1.19 bits per heavy atom. The van der Waals surface area contributed by atoms with Gasteiger partial charge in [0.15, 0.2) is 5.13 Å². The van der Waals surface area contributed by atoms with E-state index in [0.29, 0.717) is 10.7 Å². The van der Waals surface area contributed by atoms with Crippen LogP contribution in [0.1, 0.15) is 59.8 Å². The summed E-state index contributed by atoms with van der Waals surface area (Å²) in [6, 6.07) is 6.39. The van der Waals surface area contributed by atoms with E-state index in [-0.39, 0.29) is 24.4 Å². The number of aromatic nitrogens is 1. The summed E-state index contributed by atoms with van der Waals surface area (Å²) in [6.45, 7) is 7.72. The fourth-order valence-electron chi connectivity index (χ4n) is 2.83. The van der Waals surface area contributed by atoms with Crippen LogP contribution < -0.4 is 21.7 Å². The molecule has 10 heteroatoms. The summed E-state index contributed by atoms with van der Waals surface area (Å²) >= 11 is 1.29. The number of carbonyl (C=O) groups excluding carboxylic acids is 3. The van der Waals surface area contributed by atoms with E-state index in [4.69, 9.17) is 10.5 Å². The Morgan fingerprint density at radius 2 is 1.84 bits per heavy atom. The quantitative estimate of drug-likeness (QED) is 0.493. The second-order valence-electron chi connectivity index (χ2n) is 8.00. The summed E-state index contributed by atoms with van der Waals surface area (Å²) in [6.07, 6.45) is -0.223. The van der Waals surface area contributed by atoms with Crippen LogP contribution in [-0.4, -0.2) is 42.0 Å². The summed E-state index contributed by atoms with van der Waals surface area (Å²) in [5.74, 6) is -0.631. The number of hydrogen-bond acceptors (Lipinski definition) is 6. The van der Waals surface area contributed by atoms with Gasteiger partial charge in [0.25, 0.3) is 0 Å². The third-order valence-electron chi connectivity index (χ3n) is 4.18. The number of nitrogens with zero attached hydrogens (tertiary/aromatic N) is 1. The minimum atomic E-state index is -0.497. The highest BCUT2D eigenvalue weighted by Crippen LogP contribution is 2.34. The molecule has 2 rings (SSSR count). The number of nitrogens with one attached hydrogen (secondary N) is 3. The molecule has 0 bridgehead atoms. The third kappa shape index (κ3) is 7.34. The zero-order valence-corrected chi connectivity index (χ0v) is 19.2. The van der Waals surface area contributed by atoms with Crippen LogP contribution in [0.3, 0.4) is 0 Å². The average Bonchev–Trinajstić information content (AvgIpc) is 3.01. The van der Waals surface area contributed by atoms with Gasteiger partial charge in [-0.25, -0.2) is 9.78 Å². The molecule has 0 aliphatic rings. The standard InChI is InChI=1S/C21H29N5O4S/c1-12-17(16(30-5)13-6-8-14(9-7-13)18(22)28)31-20(24-12)25-19(29)23-11-10-15(27)26-21(2,3)4/h6-9,16H,10-11H2,1-5H3,(H2,22,28)(H,26,27)(H2,23,24,25,29). The Kier molecular flexibility index (Phi) is 8.12. The van der Waals surface area contributed by atoms with Crippen LogP contribution in [0.15, 0.2) is 24.3 Å².